The third-order valence-corrected chi connectivity index (χ3v) is 8.33. The number of nitrogens with one attached hydrogen (secondary N) is 1. The number of anilines is 2. The van der Waals surface area contributed by atoms with E-state index < -0.39 is 22.0 Å². The SMILES string of the molecule is O=C(Nc1nnc(-c2ccc(Cl)cc2)s1)C1CN(S(=O)(=O)c2ccccc2)c2cc(Cl)ccc2O1. The van der Waals surface area contributed by atoms with Gasteiger partial charge in [0.2, 0.25) is 5.13 Å². The Labute approximate surface area is 215 Å². The Morgan fingerprint density at radius 1 is 1.00 bits per heavy atom. The number of amides is 1. The van der Waals surface area contributed by atoms with Gasteiger partial charge >= 0.3 is 0 Å². The molecular formula is C23H16Cl2N4O4S2. The van der Waals surface area contributed by atoms with Crippen LogP contribution in [0.1, 0.15) is 0 Å². The predicted molar refractivity (Wildman–Crippen MR) is 136 cm³/mol. The molecule has 12 heteroatoms. The first kappa shape index (κ1) is 23.6. The highest BCUT2D eigenvalue weighted by Crippen LogP contribution is 2.39. The number of nitrogens with zero attached hydrogens (tertiary/aromatic N) is 3. The van der Waals surface area contributed by atoms with Gasteiger partial charge < -0.3 is 4.74 Å². The van der Waals surface area contributed by atoms with Crippen LogP contribution in [-0.4, -0.2) is 37.2 Å². The second-order valence-electron chi connectivity index (χ2n) is 7.48. The largest absolute Gasteiger partial charge is 0.476 e. The molecule has 2 heterocycles. The van der Waals surface area contributed by atoms with Crippen molar-refractivity contribution in [2.24, 2.45) is 0 Å². The zero-order valence-corrected chi connectivity index (χ0v) is 20.9. The summed E-state index contributed by atoms with van der Waals surface area (Å²) >= 11 is 13.2. The molecule has 1 N–H and O–H groups in total. The first-order chi connectivity index (χ1) is 16.8. The van der Waals surface area contributed by atoms with Crippen LogP contribution in [0.5, 0.6) is 5.75 Å². The second kappa shape index (κ2) is 9.46. The van der Waals surface area contributed by atoms with Crippen LogP contribution in [0.25, 0.3) is 10.6 Å². The van der Waals surface area contributed by atoms with Crippen LogP contribution in [0.3, 0.4) is 0 Å². The number of halogens is 2. The Bertz CT molecular complexity index is 1500. The molecule has 178 valence electrons. The Kier molecular flexibility index (Phi) is 6.37. The summed E-state index contributed by atoms with van der Waals surface area (Å²) in [6, 6.07) is 19.6. The maximum Gasteiger partial charge on any atom is 0.269 e. The third-order valence-electron chi connectivity index (χ3n) is 5.16. The monoisotopic (exact) mass is 546 g/mol. The second-order valence-corrected chi connectivity index (χ2v) is 11.2. The van der Waals surface area contributed by atoms with Crippen molar-refractivity contribution < 1.29 is 17.9 Å². The molecule has 1 aliphatic heterocycles. The zero-order chi connectivity index (χ0) is 24.6. The standard InChI is InChI=1S/C23H16Cl2N4O4S2/c24-15-8-6-14(7-9-15)22-27-28-23(34-22)26-21(30)20-13-29(18-12-16(25)10-11-19(18)33-20)35(31,32)17-4-2-1-3-5-17/h1-12,20H,13H2,(H,26,28,30). The smallest absolute Gasteiger partial charge is 0.269 e. The molecule has 1 atom stereocenters. The first-order valence-electron chi connectivity index (χ1n) is 10.3. The van der Waals surface area contributed by atoms with Gasteiger partial charge in [-0.2, -0.15) is 0 Å². The number of sulfonamides is 1. The van der Waals surface area contributed by atoms with Crippen LogP contribution in [0.2, 0.25) is 10.0 Å². The summed E-state index contributed by atoms with van der Waals surface area (Å²) in [5, 5.41) is 12.6. The minimum atomic E-state index is -3.99. The van der Waals surface area contributed by atoms with Crippen LogP contribution >= 0.6 is 34.5 Å². The molecule has 4 aromatic rings. The van der Waals surface area contributed by atoms with Crippen molar-refractivity contribution in [2.45, 2.75) is 11.0 Å². The minimum absolute atomic E-state index is 0.0868. The highest BCUT2D eigenvalue weighted by Gasteiger charge is 2.38. The Morgan fingerprint density at radius 3 is 2.46 bits per heavy atom. The van der Waals surface area contributed by atoms with E-state index in [0.29, 0.717) is 15.1 Å². The fourth-order valence-corrected chi connectivity index (χ4v) is 6.01. The topological polar surface area (TPSA) is 101 Å². The van der Waals surface area contributed by atoms with E-state index in [-0.39, 0.29) is 28.0 Å². The number of benzene rings is 3. The van der Waals surface area contributed by atoms with Crippen molar-refractivity contribution in [3.8, 4) is 16.3 Å². The van der Waals surface area contributed by atoms with E-state index in [0.717, 1.165) is 9.87 Å². The highest BCUT2D eigenvalue weighted by molar-refractivity contribution is 7.92. The van der Waals surface area contributed by atoms with Crippen LogP contribution in [0, 0.1) is 0 Å². The summed E-state index contributed by atoms with van der Waals surface area (Å²) in [7, 11) is -3.99. The van der Waals surface area contributed by atoms with Gasteiger partial charge in [-0.1, -0.05) is 64.9 Å². The number of carbonyl (C=O) groups is 1. The van der Waals surface area contributed by atoms with Gasteiger partial charge in [-0.15, -0.1) is 10.2 Å². The molecule has 0 aliphatic carbocycles. The molecule has 1 unspecified atom stereocenters. The van der Waals surface area contributed by atoms with E-state index in [9.17, 15) is 13.2 Å². The molecular weight excluding hydrogens is 531 g/mol. The number of ether oxygens (including phenoxy) is 1. The maximum atomic E-state index is 13.4. The molecule has 0 fully saturated rings. The van der Waals surface area contributed by atoms with Crippen molar-refractivity contribution in [1.82, 2.24) is 10.2 Å². The number of aromatic nitrogens is 2. The van der Waals surface area contributed by atoms with Gasteiger partial charge in [0, 0.05) is 15.6 Å². The molecule has 35 heavy (non-hydrogen) atoms. The maximum absolute atomic E-state index is 13.4. The predicted octanol–water partition coefficient (Wildman–Crippen LogP) is 5.11. The van der Waals surface area contributed by atoms with Crippen LogP contribution in [-0.2, 0) is 14.8 Å². The van der Waals surface area contributed by atoms with Gasteiger partial charge in [-0.25, -0.2) is 8.42 Å². The number of rotatable bonds is 5. The summed E-state index contributed by atoms with van der Waals surface area (Å²) in [5.41, 5.74) is 1.05. The lowest BCUT2D eigenvalue weighted by molar-refractivity contribution is -0.122. The van der Waals surface area contributed by atoms with Crippen molar-refractivity contribution in [3.05, 3.63) is 82.8 Å². The summed E-state index contributed by atoms with van der Waals surface area (Å²) in [4.78, 5) is 13.2. The molecule has 1 amide bonds. The van der Waals surface area contributed by atoms with Crippen molar-refractivity contribution in [1.29, 1.82) is 0 Å². The summed E-state index contributed by atoms with van der Waals surface area (Å²) in [5.74, 6) is -0.336. The lowest BCUT2D eigenvalue weighted by Crippen LogP contribution is -2.48. The van der Waals surface area contributed by atoms with Gasteiger partial charge in [-0.05, 0) is 42.5 Å². The molecule has 3 aromatic carbocycles. The summed E-state index contributed by atoms with van der Waals surface area (Å²) < 4.78 is 33.9. The van der Waals surface area contributed by atoms with Gasteiger partial charge in [-0.3, -0.25) is 14.4 Å². The molecule has 0 spiro atoms. The van der Waals surface area contributed by atoms with Crippen molar-refractivity contribution >= 4 is 61.3 Å². The molecule has 0 saturated carbocycles. The number of fused-ring (bicyclic) bond motifs is 1. The molecule has 8 nitrogen and oxygen atoms in total. The number of hydrogen-bond donors (Lipinski definition) is 1. The minimum Gasteiger partial charge on any atom is -0.476 e. The van der Waals surface area contributed by atoms with E-state index in [1.54, 1.807) is 48.5 Å². The van der Waals surface area contributed by atoms with E-state index >= 15 is 0 Å². The van der Waals surface area contributed by atoms with Gasteiger partial charge in [0.1, 0.15) is 10.8 Å². The summed E-state index contributed by atoms with van der Waals surface area (Å²) in [6.45, 7) is -0.251. The average molecular weight is 547 g/mol. The number of hydrogen-bond acceptors (Lipinski definition) is 7. The lowest BCUT2D eigenvalue weighted by atomic mass is 10.2. The molecule has 1 aromatic heterocycles. The highest BCUT2D eigenvalue weighted by atomic mass is 35.5. The van der Waals surface area contributed by atoms with Crippen LogP contribution in [0.15, 0.2) is 77.7 Å². The fourth-order valence-electron chi connectivity index (χ4n) is 3.48. The zero-order valence-electron chi connectivity index (χ0n) is 17.8. The molecule has 5 rings (SSSR count). The van der Waals surface area contributed by atoms with E-state index in [2.05, 4.69) is 15.5 Å². The number of carbonyl (C=O) groups excluding carboxylic acids is 1. The van der Waals surface area contributed by atoms with Crippen molar-refractivity contribution in [3.63, 3.8) is 0 Å². The van der Waals surface area contributed by atoms with Gasteiger partial charge in [0.05, 0.1) is 17.1 Å². The van der Waals surface area contributed by atoms with Crippen LogP contribution < -0.4 is 14.4 Å². The normalized spacial score (nSPS) is 15.3. The quantitative estimate of drug-likeness (QED) is 0.373. The molecule has 0 radical (unpaired) electrons. The lowest BCUT2D eigenvalue weighted by Gasteiger charge is -2.34. The Morgan fingerprint density at radius 2 is 1.71 bits per heavy atom. The molecule has 0 bridgehead atoms. The first-order valence-corrected chi connectivity index (χ1v) is 13.3. The fraction of sp³-hybridized carbons (Fsp3) is 0.0870. The van der Waals surface area contributed by atoms with Gasteiger partial charge in [0.15, 0.2) is 6.10 Å². The van der Waals surface area contributed by atoms with Crippen LogP contribution in [0.4, 0.5) is 10.8 Å². The Hall–Kier alpha value is -3.18. The Balaban J connectivity index is 1.41. The molecule has 1 aliphatic rings. The van der Waals surface area contributed by atoms with E-state index in [4.69, 9.17) is 27.9 Å². The third kappa shape index (κ3) is 4.83. The average Bonchev–Trinajstić information content (AvgIpc) is 3.32. The van der Waals surface area contributed by atoms with E-state index in [1.807, 2.05) is 0 Å². The van der Waals surface area contributed by atoms with E-state index in [1.165, 1.54) is 35.6 Å². The van der Waals surface area contributed by atoms with Crippen molar-refractivity contribution in [2.75, 3.05) is 16.2 Å². The van der Waals surface area contributed by atoms with Gasteiger partial charge in [0.25, 0.3) is 15.9 Å². The molecule has 0 saturated heterocycles. The summed E-state index contributed by atoms with van der Waals surface area (Å²) in [6.07, 6.45) is -1.13.